The number of halogens is 2. The van der Waals surface area contributed by atoms with Crippen molar-refractivity contribution in [2.45, 2.75) is 44.3 Å². The van der Waals surface area contributed by atoms with E-state index in [-0.39, 0.29) is 38.9 Å². The highest BCUT2D eigenvalue weighted by Crippen LogP contribution is 2.29. The van der Waals surface area contributed by atoms with Gasteiger partial charge in [-0.15, -0.1) is 0 Å². The van der Waals surface area contributed by atoms with Crippen LogP contribution < -0.4 is 9.62 Å². The molecule has 0 spiro atoms. The largest absolute Gasteiger partial charge is 0.352 e. The van der Waals surface area contributed by atoms with Gasteiger partial charge in [0.25, 0.3) is 15.7 Å². The summed E-state index contributed by atoms with van der Waals surface area (Å²) < 4.78 is 28.3. The van der Waals surface area contributed by atoms with Crippen LogP contribution >= 0.6 is 23.2 Å². The summed E-state index contributed by atoms with van der Waals surface area (Å²) in [5.74, 6) is -1.23. The predicted molar refractivity (Wildman–Crippen MR) is 154 cm³/mol. The van der Waals surface area contributed by atoms with Gasteiger partial charge in [-0.05, 0) is 51.1 Å². The summed E-state index contributed by atoms with van der Waals surface area (Å²) in [6, 6.07) is 15.8. The molecule has 0 unspecified atom stereocenters. The van der Waals surface area contributed by atoms with E-state index in [2.05, 4.69) is 5.32 Å². The van der Waals surface area contributed by atoms with Gasteiger partial charge in [-0.3, -0.25) is 24.0 Å². The highest BCUT2D eigenvalue weighted by molar-refractivity contribution is 7.92. The number of hydrogen-bond acceptors (Lipinski definition) is 6. The molecule has 212 valence electrons. The Kier molecular flexibility index (Phi) is 10.1. The Morgan fingerprint density at radius 1 is 0.950 bits per heavy atom. The zero-order valence-corrected chi connectivity index (χ0v) is 24.3. The number of amides is 2. The van der Waals surface area contributed by atoms with Gasteiger partial charge in [0.2, 0.25) is 11.8 Å². The average molecular weight is 608 g/mol. The fourth-order valence-corrected chi connectivity index (χ4v) is 5.80. The van der Waals surface area contributed by atoms with Gasteiger partial charge in [0.05, 0.1) is 15.5 Å². The number of nitro groups is 1. The van der Waals surface area contributed by atoms with E-state index in [0.717, 1.165) is 10.4 Å². The minimum Gasteiger partial charge on any atom is -0.352 e. The van der Waals surface area contributed by atoms with E-state index in [1.807, 2.05) is 0 Å². The molecule has 0 saturated carbocycles. The second kappa shape index (κ2) is 13.1. The first-order valence-electron chi connectivity index (χ1n) is 12.2. The van der Waals surface area contributed by atoms with Crippen LogP contribution in [0.2, 0.25) is 10.0 Å². The molecule has 0 radical (unpaired) electrons. The molecule has 0 aliphatic rings. The number of anilines is 1. The van der Waals surface area contributed by atoms with E-state index in [1.165, 1.54) is 54.3 Å². The Balaban J connectivity index is 2.10. The molecule has 13 heteroatoms. The fraction of sp³-hybridized carbons (Fsp3) is 0.259. The molecule has 40 heavy (non-hydrogen) atoms. The number of hydrogen-bond donors (Lipinski definition) is 1. The van der Waals surface area contributed by atoms with E-state index in [1.54, 1.807) is 38.1 Å². The van der Waals surface area contributed by atoms with Gasteiger partial charge in [-0.1, -0.05) is 53.5 Å². The molecule has 3 aromatic rings. The van der Waals surface area contributed by atoms with Crippen LogP contribution in [0.3, 0.4) is 0 Å². The summed E-state index contributed by atoms with van der Waals surface area (Å²) in [6.07, 6.45) is 0. The molecule has 0 aromatic heterocycles. The Hall–Kier alpha value is -3.67. The van der Waals surface area contributed by atoms with Gasteiger partial charge in [0.15, 0.2) is 0 Å². The highest BCUT2D eigenvalue weighted by atomic mass is 35.5. The Morgan fingerprint density at radius 2 is 1.55 bits per heavy atom. The maximum atomic E-state index is 13.9. The van der Waals surface area contributed by atoms with E-state index in [4.69, 9.17) is 23.2 Å². The molecule has 0 fully saturated rings. The summed E-state index contributed by atoms with van der Waals surface area (Å²) >= 11 is 12.7. The van der Waals surface area contributed by atoms with E-state index < -0.39 is 39.3 Å². The molecule has 3 rings (SSSR count). The molecule has 0 aliphatic carbocycles. The third-order valence-corrected chi connectivity index (χ3v) is 8.42. The van der Waals surface area contributed by atoms with Gasteiger partial charge in [0.1, 0.15) is 12.6 Å². The summed E-state index contributed by atoms with van der Waals surface area (Å²) in [5, 5.41) is 14.7. The van der Waals surface area contributed by atoms with Gasteiger partial charge in [-0.2, -0.15) is 0 Å². The Morgan fingerprint density at radius 3 is 2.12 bits per heavy atom. The quantitative estimate of drug-likeness (QED) is 0.240. The SMILES string of the molecule is CC(C)NC(=O)[C@H](C)N(Cc1c(Cl)cccc1Cl)C(=O)CN(c1cccc([N+](=O)[O-])c1)S(=O)(=O)c1ccccc1. The lowest BCUT2D eigenvalue weighted by molar-refractivity contribution is -0.384. The van der Waals surface area contributed by atoms with Gasteiger partial charge in [0, 0.05) is 40.3 Å². The topological polar surface area (TPSA) is 130 Å². The van der Waals surface area contributed by atoms with Crippen LogP contribution in [0.25, 0.3) is 0 Å². The fourth-order valence-electron chi connectivity index (χ4n) is 3.85. The molecule has 2 amide bonds. The maximum absolute atomic E-state index is 13.9. The molecule has 1 N–H and O–H groups in total. The van der Waals surface area contributed by atoms with Crippen LogP contribution in [0.4, 0.5) is 11.4 Å². The van der Waals surface area contributed by atoms with Crippen LogP contribution in [0.5, 0.6) is 0 Å². The van der Waals surface area contributed by atoms with Gasteiger partial charge >= 0.3 is 0 Å². The second-order valence-corrected chi connectivity index (χ2v) is 11.8. The number of nitrogens with one attached hydrogen (secondary N) is 1. The van der Waals surface area contributed by atoms with Crippen molar-refractivity contribution in [3.63, 3.8) is 0 Å². The molecule has 0 saturated heterocycles. The normalized spacial score (nSPS) is 12.1. The first-order valence-corrected chi connectivity index (χ1v) is 14.4. The Labute approximate surface area is 242 Å². The molecular weight excluding hydrogens is 579 g/mol. The van der Waals surface area contributed by atoms with E-state index >= 15 is 0 Å². The third-order valence-electron chi connectivity index (χ3n) is 5.93. The number of sulfonamides is 1. The lowest BCUT2D eigenvalue weighted by Crippen LogP contribution is -2.52. The molecule has 10 nitrogen and oxygen atoms in total. The zero-order valence-electron chi connectivity index (χ0n) is 22.0. The first kappa shape index (κ1) is 30.9. The van der Waals surface area contributed by atoms with Crippen molar-refractivity contribution >= 4 is 56.4 Å². The highest BCUT2D eigenvalue weighted by Gasteiger charge is 2.33. The van der Waals surface area contributed by atoms with Crippen LogP contribution in [0.15, 0.2) is 77.7 Å². The predicted octanol–water partition coefficient (Wildman–Crippen LogP) is 5.04. The summed E-state index contributed by atoms with van der Waals surface area (Å²) in [6.45, 7) is 4.07. The van der Waals surface area contributed by atoms with Crippen molar-refractivity contribution in [3.05, 3.63) is 98.5 Å². The molecule has 0 aliphatic heterocycles. The molecule has 3 aromatic carbocycles. The number of nitrogens with zero attached hydrogens (tertiary/aromatic N) is 3. The van der Waals surface area contributed by atoms with Crippen LogP contribution in [-0.2, 0) is 26.2 Å². The van der Waals surface area contributed by atoms with Crippen molar-refractivity contribution in [3.8, 4) is 0 Å². The lowest BCUT2D eigenvalue weighted by Gasteiger charge is -2.32. The Bertz CT molecular complexity index is 1480. The second-order valence-electron chi connectivity index (χ2n) is 9.16. The number of carbonyl (C=O) groups excluding carboxylic acids is 2. The van der Waals surface area contributed by atoms with Gasteiger partial charge < -0.3 is 10.2 Å². The van der Waals surface area contributed by atoms with Crippen molar-refractivity contribution in [2.75, 3.05) is 10.8 Å². The van der Waals surface area contributed by atoms with E-state index in [9.17, 15) is 28.1 Å². The molecule has 0 bridgehead atoms. The summed E-state index contributed by atoms with van der Waals surface area (Å²) in [4.78, 5) is 38.7. The summed E-state index contributed by atoms with van der Waals surface area (Å²) in [5.41, 5.74) is -0.0831. The van der Waals surface area contributed by atoms with Crippen molar-refractivity contribution in [1.82, 2.24) is 10.2 Å². The van der Waals surface area contributed by atoms with Gasteiger partial charge in [-0.25, -0.2) is 8.42 Å². The number of nitro benzene ring substituents is 1. The molecule has 0 heterocycles. The maximum Gasteiger partial charge on any atom is 0.271 e. The number of non-ortho nitro benzene ring substituents is 1. The number of carbonyl (C=O) groups is 2. The minimum absolute atomic E-state index is 0.0959. The first-order chi connectivity index (χ1) is 18.8. The smallest absolute Gasteiger partial charge is 0.271 e. The molecular formula is C27H28Cl2N4O6S. The third kappa shape index (κ3) is 7.29. The summed E-state index contributed by atoms with van der Waals surface area (Å²) in [7, 11) is -4.37. The number of benzene rings is 3. The average Bonchev–Trinajstić information content (AvgIpc) is 2.91. The van der Waals surface area contributed by atoms with Crippen molar-refractivity contribution < 1.29 is 22.9 Å². The zero-order chi connectivity index (χ0) is 29.6. The monoisotopic (exact) mass is 606 g/mol. The lowest BCUT2D eigenvalue weighted by atomic mass is 10.1. The minimum atomic E-state index is -4.37. The van der Waals surface area contributed by atoms with E-state index in [0.29, 0.717) is 5.56 Å². The standard InChI is InChI=1S/C27H28Cl2N4O6S/c1-18(2)30-27(35)19(3)31(16-23-24(28)13-8-14-25(23)29)26(34)17-32(20-9-7-10-21(15-20)33(36)37)40(38,39)22-11-5-4-6-12-22/h4-15,18-19H,16-17H2,1-3H3,(H,30,35)/t19-/m0/s1. The van der Waals surface area contributed by atoms with Crippen LogP contribution in [0.1, 0.15) is 26.3 Å². The molecule has 1 atom stereocenters. The van der Waals surface area contributed by atoms with Crippen molar-refractivity contribution in [2.24, 2.45) is 0 Å². The van der Waals surface area contributed by atoms with Crippen LogP contribution in [0, 0.1) is 10.1 Å². The van der Waals surface area contributed by atoms with Crippen LogP contribution in [-0.4, -0.2) is 48.7 Å². The van der Waals surface area contributed by atoms with Crippen molar-refractivity contribution in [1.29, 1.82) is 0 Å². The number of rotatable bonds is 11.